The maximum Gasteiger partial charge on any atom is 0.304 e. The molecule has 0 amide bonds. The van der Waals surface area contributed by atoms with Gasteiger partial charge in [-0.3, -0.25) is 9.59 Å². The van der Waals surface area contributed by atoms with Gasteiger partial charge in [0.1, 0.15) is 0 Å². The molecule has 1 aliphatic carbocycles. The molecule has 1 aliphatic rings. The van der Waals surface area contributed by atoms with Crippen LogP contribution in [0, 0.1) is 0 Å². The monoisotopic (exact) mass is 331 g/mol. The summed E-state index contributed by atoms with van der Waals surface area (Å²) in [5.41, 5.74) is 2.38. The van der Waals surface area contributed by atoms with Crippen molar-refractivity contribution in [1.29, 1.82) is 0 Å². The number of ketones is 1. The van der Waals surface area contributed by atoms with Crippen molar-refractivity contribution in [3.05, 3.63) is 53.6 Å². The number of carbonyl (C=O) groups excluding carboxylic acids is 1. The fourth-order valence-electron chi connectivity index (χ4n) is 2.55. The summed E-state index contributed by atoms with van der Waals surface area (Å²) < 4.78 is 26.6. The normalized spacial score (nSPS) is 12.8. The van der Waals surface area contributed by atoms with Crippen LogP contribution in [-0.2, 0) is 14.8 Å². The lowest BCUT2D eigenvalue weighted by molar-refractivity contribution is -0.136. The highest BCUT2D eigenvalue weighted by atomic mass is 32.2. The SMILES string of the molecule is O=C(O)CCNS(=O)(=O)c1ccc2c(c1)C(=O)c1ccccc1-2. The molecule has 0 fully saturated rings. The Labute approximate surface area is 132 Å². The molecule has 6 nitrogen and oxygen atoms in total. The standard InChI is InChI=1S/C16H13NO5S/c18-15(19)7-8-17-23(21,22)10-5-6-12-11-3-1-2-4-13(11)16(20)14(12)9-10/h1-6,9,17H,7-8H2,(H,18,19). The second-order valence-electron chi connectivity index (χ2n) is 5.12. The molecular weight excluding hydrogens is 318 g/mol. The van der Waals surface area contributed by atoms with E-state index >= 15 is 0 Å². The van der Waals surface area contributed by atoms with Crippen LogP contribution in [-0.4, -0.2) is 31.8 Å². The van der Waals surface area contributed by atoms with E-state index in [0.717, 1.165) is 5.56 Å². The maximum absolute atomic E-state index is 12.4. The third-order valence-electron chi connectivity index (χ3n) is 3.64. The summed E-state index contributed by atoms with van der Waals surface area (Å²) in [6, 6.07) is 11.4. The van der Waals surface area contributed by atoms with Crippen molar-refractivity contribution >= 4 is 21.8 Å². The highest BCUT2D eigenvalue weighted by molar-refractivity contribution is 7.89. The molecule has 0 aromatic heterocycles. The summed E-state index contributed by atoms with van der Waals surface area (Å²) in [7, 11) is -3.85. The van der Waals surface area contributed by atoms with Gasteiger partial charge in [0.2, 0.25) is 10.0 Å². The van der Waals surface area contributed by atoms with E-state index in [1.165, 1.54) is 12.1 Å². The van der Waals surface area contributed by atoms with E-state index in [9.17, 15) is 18.0 Å². The lowest BCUT2D eigenvalue weighted by Gasteiger charge is -2.07. The zero-order valence-corrected chi connectivity index (χ0v) is 12.8. The number of hydrogen-bond acceptors (Lipinski definition) is 4. The quantitative estimate of drug-likeness (QED) is 0.740. The number of carboxylic acid groups (broad SMARTS) is 1. The number of carboxylic acids is 1. The van der Waals surface area contributed by atoms with Gasteiger partial charge in [-0.05, 0) is 23.3 Å². The lowest BCUT2D eigenvalue weighted by Crippen LogP contribution is -2.26. The number of carbonyl (C=O) groups is 2. The van der Waals surface area contributed by atoms with Crippen LogP contribution in [0.15, 0.2) is 47.4 Å². The molecule has 0 saturated carbocycles. The van der Waals surface area contributed by atoms with E-state index in [1.54, 1.807) is 18.2 Å². The zero-order chi connectivity index (χ0) is 16.6. The molecule has 2 aromatic carbocycles. The van der Waals surface area contributed by atoms with E-state index in [1.807, 2.05) is 12.1 Å². The number of rotatable bonds is 5. The predicted molar refractivity (Wildman–Crippen MR) is 82.8 cm³/mol. The van der Waals surface area contributed by atoms with Crippen LogP contribution < -0.4 is 4.72 Å². The number of aliphatic carboxylic acids is 1. The van der Waals surface area contributed by atoms with Crippen molar-refractivity contribution in [3.63, 3.8) is 0 Å². The second-order valence-corrected chi connectivity index (χ2v) is 6.89. The molecule has 2 aromatic rings. The molecule has 0 aliphatic heterocycles. The molecule has 118 valence electrons. The molecule has 2 N–H and O–H groups in total. The summed E-state index contributed by atoms with van der Waals surface area (Å²) in [6.45, 7) is -0.205. The fraction of sp³-hybridized carbons (Fsp3) is 0.125. The minimum atomic E-state index is -3.85. The van der Waals surface area contributed by atoms with E-state index in [-0.39, 0.29) is 23.6 Å². The first-order valence-electron chi connectivity index (χ1n) is 6.90. The third kappa shape index (κ3) is 2.76. The Bertz CT molecular complexity index is 918. The van der Waals surface area contributed by atoms with Crippen LogP contribution in [0.25, 0.3) is 11.1 Å². The van der Waals surface area contributed by atoms with Gasteiger partial charge in [-0.15, -0.1) is 0 Å². The minimum Gasteiger partial charge on any atom is -0.481 e. The first-order chi connectivity index (χ1) is 10.9. The van der Waals surface area contributed by atoms with E-state index in [2.05, 4.69) is 4.72 Å². The Morgan fingerprint density at radius 3 is 2.35 bits per heavy atom. The molecule has 0 heterocycles. The first kappa shape index (κ1) is 15.4. The molecule has 0 bridgehead atoms. The number of hydrogen-bond donors (Lipinski definition) is 2. The average Bonchev–Trinajstić information content (AvgIpc) is 2.80. The fourth-order valence-corrected chi connectivity index (χ4v) is 3.61. The molecule has 7 heteroatoms. The van der Waals surface area contributed by atoms with Gasteiger partial charge in [-0.1, -0.05) is 30.3 Å². The van der Waals surface area contributed by atoms with Gasteiger partial charge in [0.25, 0.3) is 0 Å². The summed E-state index contributed by atoms with van der Waals surface area (Å²) in [5, 5.41) is 8.56. The Morgan fingerprint density at radius 2 is 1.65 bits per heavy atom. The number of benzene rings is 2. The Morgan fingerprint density at radius 1 is 1.00 bits per heavy atom. The van der Waals surface area contributed by atoms with Gasteiger partial charge in [-0.25, -0.2) is 13.1 Å². The van der Waals surface area contributed by atoms with Gasteiger partial charge in [0.15, 0.2) is 5.78 Å². The number of fused-ring (bicyclic) bond motifs is 3. The molecule has 3 rings (SSSR count). The third-order valence-corrected chi connectivity index (χ3v) is 5.10. The minimum absolute atomic E-state index is 0.0530. The van der Waals surface area contributed by atoms with Gasteiger partial charge in [-0.2, -0.15) is 0 Å². The first-order valence-corrected chi connectivity index (χ1v) is 8.38. The number of nitrogens with one attached hydrogen (secondary N) is 1. The van der Waals surface area contributed by atoms with Crippen molar-refractivity contribution in [2.24, 2.45) is 0 Å². The molecule has 23 heavy (non-hydrogen) atoms. The van der Waals surface area contributed by atoms with Gasteiger partial charge < -0.3 is 5.11 Å². The van der Waals surface area contributed by atoms with Gasteiger partial charge in [0, 0.05) is 17.7 Å². The van der Waals surface area contributed by atoms with Crippen LogP contribution in [0.4, 0.5) is 0 Å². The molecule has 0 atom stereocenters. The summed E-state index contributed by atoms with van der Waals surface area (Å²) in [5.74, 6) is -1.30. The van der Waals surface area contributed by atoms with Gasteiger partial charge >= 0.3 is 5.97 Å². The van der Waals surface area contributed by atoms with Crippen LogP contribution in [0.1, 0.15) is 22.3 Å². The average molecular weight is 331 g/mol. The molecule has 0 radical (unpaired) electrons. The lowest BCUT2D eigenvalue weighted by atomic mass is 10.1. The highest BCUT2D eigenvalue weighted by Gasteiger charge is 2.28. The van der Waals surface area contributed by atoms with Crippen molar-refractivity contribution in [1.82, 2.24) is 4.72 Å². The molecular formula is C16H13NO5S. The Hall–Kier alpha value is -2.51. The molecule has 0 spiro atoms. The van der Waals surface area contributed by atoms with E-state index in [4.69, 9.17) is 5.11 Å². The smallest absolute Gasteiger partial charge is 0.304 e. The topological polar surface area (TPSA) is 101 Å². The summed E-state index contributed by atoms with van der Waals surface area (Å²) in [6.07, 6.45) is -0.311. The Balaban J connectivity index is 1.94. The summed E-state index contributed by atoms with van der Waals surface area (Å²) in [4.78, 5) is 22.8. The van der Waals surface area contributed by atoms with Crippen molar-refractivity contribution in [2.45, 2.75) is 11.3 Å². The van der Waals surface area contributed by atoms with Crippen LogP contribution in [0.3, 0.4) is 0 Å². The Kier molecular flexibility index (Phi) is 3.75. The van der Waals surface area contributed by atoms with Crippen molar-refractivity contribution in [3.8, 4) is 11.1 Å². The largest absolute Gasteiger partial charge is 0.481 e. The zero-order valence-electron chi connectivity index (χ0n) is 11.9. The maximum atomic E-state index is 12.4. The van der Waals surface area contributed by atoms with Crippen molar-refractivity contribution < 1.29 is 23.1 Å². The van der Waals surface area contributed by atoms with Crippen molar-refractivity contribution in [2.75, 3.05) is 6.54 Å². The van der Waals surface area contributed by atoms with Crippen LogP contribution in [0.5, 0.6) is 0 Å². The second kappa shape index (κ2) is 5.60. The van der Waals surface area contributed by atoms with Crippen LogP contribution >= 0.6 is 0 Å². The number of sulfonamides is 1. The predicted octanol–water partition coefficient (Wildman–Crippen LogP) is 1.65. The molecule has 0 saturated heterocycles. The van der Waals surface area contributed by atoms with Crippen LogP contribution in [0.2, 0.25) is 0 Å². The highest BCUT2D eigenvalue weighted by Crippen LogP contribution is 2.37. The van der Waals surface area contributed by atoms with Gasteiger partial charge in [0.05, 0.1) is 11.3 Å². The van der Waals surface area contributed by atoms with E-state index in [0.29, 0.717) is 16.7 Å². The summed E-state index contributed by atoms with van der Waals surface area (Å²) >= 11 is 0. The molecule has 0 unspecified atom stereocenters. The van der Waals surface area contributed by atoms with E-state index < -0.39 is 16.0 Å².